The largest absolute Gasteiger partial charge is 0.341 e. The van der Waals surface area contributed by atoms with Gasteiger partial charge < -0.3 is 15.2 Å². The van der Waals surface area contributed by atoms with Crippen molar-refractivity contribution in [3.8, 4) is 12.1 Å². The Bertz CT molecular complexity index is 1050. The number of benzene rings is 1. The van der Waals surface area contributed by atoms with Gasteiger partial charge in [0.15, 0.2) is 0 Å². The molecule has 2 aromatic heterocycles. The summed E-state index contributed by atoms with van der Waals surface area (Å²) in [6.07, 6.45) is 3.63. The minimum Gasteiger partial charge on any atom is -0.341 e. The van der Waals surface area contributed by atoms with Crippen molar-refractivity contribution in [2.45, 2.75) is 25.4 Å². The van der Waals surface area contributed by atoms with Crippen LogP contribution in [0.1, 0.15) is 29.7 Å². The number of hydrogen-bond donors (Lipinski definition) is 1. The zero-order valence-corrected chi connectivity index (χ0v) is 14.8. The smallest absolute Gasteiger partial charge is 0.206 e. The molecule has 0 aliphatic carbocycles. The number of piperidine rings is 1. The van der Waals surface area contributed by atoms with Crippen LogP contribution in [0.25, 0.3) is 11.0 Å². The minimum absolute atomic E-state index is 0.134. The lowest BCUT2D eigenvalue weighted by atomic mass is 10.1. The maximum atomic E-state index is 9.19. The fraction of sp³-hybridized carbons (Fsp3) is 0.300. The fourth-order valence-electron chi connectivity index (χ4n) is 3.52. The van der Waals surface area contributed by atoms with E-state index in [1.807, 2.05) is 18.2 Å². The summed E-state index contributed by atoms with van der Waals surface area (Å²) in [5.41, 5.74) is 9.89. The highest BCUT2D eigenvalue weighted by Crippen LogP contribution is 2.26. The molecule has 3 aromatic rings. The second-order valence-electron chi connectivity index (χ2n) is 6.81. The van der Waals surface area contributed by atoms with Crippen LogP contribution < -0.4 is 10.6 Å². The van der Waals surface area contributed by atoms with Gasteiger partial charge in [-0.2, -0.15) is 10.5 Å². The molecule has 2 N–H and O–H groups in total. The molecule has 0 saturated carbocycles. The van der Waals surface area contributed by atoms with Gasteiger partial charge in [-0.25, -0.2) is 4.98 Å². The summed E-state index contributed by atoms with van der Waals surface area (Å²) < 4.78 is 2.11. The van der Waals surface area contributed by atoms with Crippen molar-refractivity contribution in [2.75, 3.05) is 18.0 Å². The molecule has 0 unspecified atom stereocenters. The lowest BCUT2D eigenvalue weighted by Crippen LogP contribution is -2.44. The molecule has 0 amide bonds. The number of anilines is 1. The van der Waals surface area contributed by atoms with E-state index >= 15 is 0 Å². The summed E-state index contributed by atoms with van der Waals surface area (Å²) in [5.74, 6) is 0.849. The predicted octanol–water partition coefficient (Wildman–Crippen LogP) is 2.15. The van der Waals surface area contributed by atoms with Crippen molar-refractivity contribution < 1.29 is 0 Å². The van der Waals surface area contributed by atoms with Crippen molar-refractivity contribution in [3.63, 3.8) is 0 Å². The highest BCUT2D eigenvalue weighted by atomic mass is 15.3. The summed E-state index contributed by atoms with van der Waals surface area (Å²) in [7, 11) is 0. The van der Waals surface area contributed by atoms with E-state index in [2.05, 4.69) is 26.6 Å². The summed E-state index contributed by atoms with van der Waals surface area (Å²) in [5, 5.41) is 18.2. The molecular formula is C20H19N7. The molecule has 134 valence electrons. The van der Waals surface area contributed by atoms with Crippen LogP contribution in [0.2, 0.25) is 0 Å². The topological polar surface area (TPSA) is 108 Å². The van der Waals surface area contributed by atoms with Crippen LogP contribution in [0.15, 0.2) is 36.5 Å². The molecule has 0 radical (unpaired) electrons. The molecule has 1 aliphatic rings. The van der Waals surface area contributed by atoms with Gasteiger partial charge in [-0.05, 0) is 43.2 Å². The third-order valence-corrected chi connectivity index (χ3v) is 4.87. The molecule has 1 fully saturated rings. The Balaban J connectivity index is 1.78. The molecule has 27 heavy (non-hydrogen) atoms. The number of aromatic nitrogens is 3. The number of hydrogen-bond acceptors (Lipinski definition) is 6. The standard InChI is InChI=1S/C20H19N7/c21-9-14-4-6-19-18(8-14)25-20(26-7-1-2-16(23)12-26)27(19)13-17-5-3-15(10-22)11-24-17/h3-6,8,11,16H,1-2,7,12-13,23H2/t16-/m0/s1. The van der Waals surface area contributed by atoms with Gasteiger partial charge in [0, 0.05) is 25.3 Å². The van der Waals surface area contributed by atoms with Crippen LogP contribution in [0, 0.1) is 22.7 Å². The summed E-state index contributed by atoms with van der Waals surface area (Å²) in [6.45, 7) is 2.20. The normalized spacial score (nSPS) is 16.9. The fourth-order valence-corrected chi connectivity index (χ4v) is 3.52. The first-order valence-corrected chi connectivity index (χ1v) is 8.94. The van der Waals surface area contributed by atoms with Gasteiger partial charge >= 0.3 is 0 Å². The van der Waals surface area contributed by atoms with Gasteiger partial charge in [-0.15, -0.1) is 0 Å². The van der Waals surface area contributed by atoms with Crippen LogP contribution >= 0.6 is 0 Å². The summed E-state index contributed by atoms with van der Waals surface area (Å²) >= 11 is 0. The molecule has 7 heteroatoms. The Kier molecular flexibility index (Phi) is 4.45. The van der Waals surface area contributed by atoms with Gasteiger partial charge in [-0.3, -0.25) is 4.98 Å². The molecule has 1 aromatic carbocycles. The second-order valence-corrected chi connectivity index (χ2v) is 6.81. The van der Waals surface area contributed by atoms with E-state index < -0.39 is 0 Å². The number of nitriles is 2. The molecule has 1 atom stereocenters. The number of nitrogens with zero attached hydrogens (tertiary/aromatic N) is 6. The molecule has 4 rings (SSSR count). The van der Waals surface area contributed by atoms with Crippen molar-refractivity contribution in [1.29, 1.82) is 10.5 Å². The Morgan fingerprint density at radius 1 is 1.15 bits per heavy atom. The summed E-state index contributed by atoms with van der Waals surface area (Å²) in [4.78, 5) is 11.4. The Morgan fingerprint density at radius 2 is 1.96 bits per heavy atom. The molecule has 7 nitrogen and oxygen atoms in total. The van der Waals surface area contributed by atoms with E-state index in [4.69, 9.17) is 16.0 Å². The van der Waals surface area contributed by atoms with Gasteiger partial charge in [-0.1, -0.05) is 0 Å². The zero-order valence-electron chi connectivity index (χ0n) is 14.8. The Morgan fingerprint density at radius 3 is 2.67 bits per heavy atom. The van der Waals surface area contributed by atoms with Gasteiger partial charge in [0.2, 0.25) is 5.95 Å². The van der Waals surface area contributed by atoms with Gasteiger partial charge in [0.1, 0.15) is 6.07 Å². The molecule has 1 saturated heterocycles. The quantitative estimate of drug-likeness (QED) is 0.769. The van der Waals surface area contributed by atoms with E-state index in [1.165, 1.54) is 0 Å². The van der Waals surface area contributed by atoms with Crippen molar-refractivity contribution in [2.24, 2.45) is 5.73 Å². The molecular weight excluding hydrogens is 338 g/mol. The molecule has 0 spiro atoms. The van der Waals surface area contributed by atoms with Crippen LogP contribution in [0.4, 0.5) is 5.95 Å². The van der Waals surface area contributed by atoms with E-state index in [9.17, 15) is 5.26 Å². The number of fused-ring (bicyclic) bond motifs is 1. The monoisotopic (exact) mass is 357 g/mol. The van der Waals surface area contributed by atoms with E-state index in [0.717, 1.165) is 48.6 Å². The first-order chi connectivity index (χ1) is 13.2. The van der Waals surface area contributed by atoms with Crippen molar-refractivity contribution >= 4 is 17.0 Å². The zero-order chi connectivity index (χ0) is 18.8. The second kappa shape index (κ2) is 7.06. The van der Waals surface area contributed by atoms with Crippen molar-refractivity contribution in [1.82, 2.24) is 14.5 Å². The average Bonchev–Trinajstić information content (AvgIpc) is 3.06. The van der Waals surface area contributed by atoms with Crippen LogP contribution in [0.3, 0.4) is 0 Å². The maximum absolute atomic E-state index is 9.19. The van der Waals surface area contributed by atoms with Crippen LogP contribution in [-0.4, -0.2) is 33.7 Å². The Hall–Kier alpha value is -3.42. The van der Waals surface area contributed by atoms with E-state index in [1.54, 1.807) is 18.3 Å². The van der Waals surface area contributed by atoms with Gasteiger partial charge in [0.25, 0.3) is 0 Å². The molecule has 1 aliphatic heterocycles. The minimum atomic E-state index is 0.134. The van der Waals surface area contributed by atoms with Gasteiger partial charge in [0.05, 0.1) is 40.5 Å². The highest BCUT2D eigenvalue weighted by Gasteiger charge is 2.23. The average molecular weight is 357 g/mol. The number of imidazole rings is 1. The predicted molar refractivity (Wildman–Crippen MR) is 102 cm³/mol. The van der Waals surface area contributed by atoms with E-state index in [-0.39, 0.29) is 6.04 Å². The first-order valence-electron chi connectivity index (χ1n) is 8.94. The van der Waals surface area contributed by atoms with Crippen LogP contribution in [0.5, 0.6) is 0 Å². The lowest BCUT2D eigenvalue weighted by molar-refractivity contribution is 0.495. The summed E-state index contributed by atoms with van der Waals surface area (Å²) in [6, 6.07) is 13.6. The lowest BCUT2D eigenvalue weighted by Gasteiger charge is -2.32. The third kappa shape index (κ3) is 3.33. The number of nitrogens with two attached hydrogens (primary N) is 1. The first kappa shape index (κ1) is 17.0. The molecule has 3 heterocycles. The number of rotatable bonds is 3. The highest BCUT2D eigenvalue weighted by molar-refractivity contribution is 5.80. The van der Waals surface area contributed by atoms with E-state index in [0.29, 0.717) is 17.7 Å². The van der Waals surface area contributed by atoms with Crippen molar-refractivity contribution in [3.05, 3.63) is 53.3 Å². The van der Waals surface area contributed by atoms with Crippen LogP contribution in [-0.2, 0) is 6.54 Å². The Labute approximate surface area is 157 Å². The maximum Gasteiger partial charge on any atom is 0.206 e. The molecule has 0 bridgehead atoms. The SMILES string of the molecule is N#Cc1ccc(Cn2c(N3CCC[C@H](N)C3)nc3cc(C#N)ccc32)nc1. The third-order valence-electron chi connectivity index (χ3n) is 4.87. The number of pyridine rings is 1.